The average Bonchev–Trinajstić information content (AvgIpc) is 2.05. The van der Waals surface area contributed by atoms with Crippen molar-refractivity contribution < 1.29 is 0 Å². The Morgan fingerprint density at radius 2 is 2.17 bits per heavy atom. The van der Waals surface area contributed by atoms with Crippen LogP contribution in [0.3, 0.4) is 0 Å². The van der Waals surface area contributed by atoms with Crippen LogP contribution >= 0.6 is 40.7 Å². The lowest BCUT2D eigenvalue weighted by molar-refractivity contribution is 0.475. The molecule has 0 saturated heterocycles. The van der Waals surface area contributed by atoms with Gasteiger partial charge in [0.2, 0.25) is 0 Å². The summed E-state index contributed by atoms with van der Waals surface area (Å²) >= 11 is 17.6. The Morgan fingerprint density at radius 1 is 1.42 bits per heavy atom. The van der Waals surface area contributed by atoms with E-state index in [1.54, 1.807) is 0 Å². The van der Waals surface area contributed by atoms with Crippen LogP contribution in [0.2, 0.25) is 0 Å². The molecule has 0 fully saturated rings. The van der Waals surface area contributed by atoms with Crippen LogP contribution in [0.25, 0.3) is 0 Å². The molecule has 0 saturated carbocycles. The third kappa shape index (κ3) is 3.83. The maximum Gasteiger partial charge on any atom is 0.0869 e. The Balaban J connectivity index is 2.31. The highest BCUT2D eigenvalue weighted by atomic mass is 35.9. The summed E-state index contributed by atoms with van der Waals surface area (Å²) in [6.45, 7) is -0.876. The van der Waals surface area contributed by atoms with Crippen molar-refractivity contribution in [2.75, 3.05) is 6.16 Å². The molecule has 0 aromatic rings. The van der Waals surface area contributed by atoms with Gasteiger partial charge in [-0.2, -0.15) is 0 Å². The zero-order valence-corrected chi connectivity index (χ0v) is 9.88. The molecular formula is C8H12Cl3P. The smallest absolute Gasteiger partial charge is 0.0869 e. The van der Waals surface area contributed by atoms with Gasteiger partial charge in [-0.1, -0.05) is 34.6 Å². The van der Waals surface area contributed by atoms with Crippen LogP contribution in [0.5, 0.6) is 0 Å². The summed E-state index contributed by atoms with van der Waals surface area (Å²) in [4.78, 5) is 0. The zero-order chi connectivity index (χ0) is 8.97. The third-order valence-corrected chi connectivity index (χ3v) is 4.36. The highest BCUT2D eigenvalue weighted by Gasteiger charge is 2.21. The topological polar surface area (TPSA) is 0 Å². The van der Waals surface area contributed by atoms with Crippen LogP contribution in [0.1, 0.15) is 19.3 Å². The summed E-state index contributed by atoms with van der Waals surface area (Å²) in [6.07, 6.45) is 8.60. The standard InChI is InChI=1S/C8H12Cl3P/c9-8(6-12(10)11)7-4-2-1-3-5-7/h1-2,7-8H,3-6H2. The largest absolute Gasteiger partial charge is 0.122 e. The molecule has 4 heteroatoms. The van der Waals surface area contributed by atoms with Gasteiger partial charge < -0.3 is 0 Å². The number of halogens is 3. The van der Waals surface area contributed by atoms with E-state index in [1.807, 2.05) is 0 Å². The normalized spacial score (nSPS) is 26.2. The molecule has 0 bridgehead atoms. The van der Waals surface area contributed by atoms with Crippen LogP contribution in [-0.2, 0) is 0 Å². The van der Waals surface area contributed by atoms with Gasteiger partial charge in [0, 0.05) is 11.5 Å². The van der Waals surface area contributed by atoms with Crippen LogP contribution in [-0.4, -0.2) is 11.5 Å². The molecule has 0 spiro atoms. The molecule has 0 aromatic heterocycles. The molecule has 0 nitrogen and oxygen atoms in total. The lowest BCUT2D eigenvalue weighted by Crippen LogP contribution is -2.18. The Bertz CT molecular complexity index is 158. The van der Waals surface area contributed by atoms with E-state index >= 15 is 0 Å². The fraction of sp³-hybridized carbons (Fsp3) is 0.750. The van der Waals surface area contributed by atoms with Crippen LogP contribution < -0.4 is 0 Å². The van der Waals surface area contributed by atoms with Gasteiger partial charge in [-0.3, -0.25) is 0 Å². The van der Waals surface area contributed by atoms with E-state index < -0.39 is 6.63 Å². The molecule has 0 N–H and O–H groups in total. The summed E-state index contributed by atoms with van der Waals surface area (Å²) in [6, 6.07) is 0. The van der Waals surface area contributed by atoms with Crippen LogP contribution in [0, 0.1) is 5.92 Å². The van der Waals surface area contributed by atoms with Gasteiger partial charge in [0.1, 0.15) is 0 Å². The molecule has 70 valence electrons. The second-order valence-electron chi connectivity index (χ2n) is 3.05. The number of allylic oxidation sites excluding steroid dienone is 2. The highest BCUT2D eigenvalue weighted by Crippen LogP contribution is 2.49. The van der Waals surface area contributed by atoms with E-state index in [4.69, 9.17) is 34.1 Å². The molecule has 1 aliphatic carbocycles. The van der Waals surface area contributed by atoms with Crippen molar-refractivity contribution in [3.8, 4) is 0 Å². The van der Waals surface area contributed by atoms with Gasteiger partial charge in [-0.25, -0.2) is 0 Å². The SMILES string of the molecule is ClC(CP(Cl)Cl)C1CC=CCC1. The van der Waals surface area contributed by atoms with Crippen molar-refractivity contribution in [3.63, 3.8) is 0 Å². The first kappa shape index (κ1) is 11.1. The van der Waals surface area contributed by atoms with Crippen molar-refractivity contribution in [3.05, 3.63) is 12.2 Å². The molecule has 1 aliphatic rings. The summed E-state index contributed by atoms with van der Waals surface area (Å²) in [5.41, 5.74) is 0. The van der Waals surface area contributed by atoms with Crippen LogP contribution in [0.4, 0.5) is 0 Å². The monoisotopic (exact) mass is 244 g/mol. The lowest BCUT2D eigenvalue weighted by Gasteiger charge is -2.22. The molecule has 0 aliphatic heterocycles. The minimum atomic E-state index is -0.876. The average molecular weight is 246 g/mol. The summed E-state index contributed by atoms with van der Waals surface area (Å²) in [5, 5.41) is 0.163. The van der Waals surface area contributed by atoms with E-state index in [0.717, 1.165) is 19.0 Å². The fourth-order valence-corrected chi connectivity index (χ4v) is 3.95. The van der Waals surface area contributed by atoms with E-state index in [9.17, 15) is 0 Å². The van der Waals surface area contributed by atoms with Gasteiger partial charge >= 0.3 is 0 Å². The second kappa shape index (κ2) is 5.70. The number of hydrogen-bond acceptors (Lipinski definition) is 0. The summed E-state index contributed by atoms with van der Waals surface area (Å²) in [7, 11) is 0. The maximum atomic E-state index is 6.17. The first-order valence-corrected chi connectivity index (χ1v) is 7.85. The molecule has 0 radical (unpaired) electrons. The van der Waals surface area contributed by atoms with Crippen molar-refractivity contribution in [1.82, 2.24) is 0 Å². The molecule has 1 rings (SSSR count). The van der Waals surface area contributed by atoms with Gasteiger partial charge in [-0.05, 0) is 25.2 Å². The quantitative estimate of drug-likeness (QED) is 0.383. The molecule has 2 atom stereocenters. The predicted molar refractivity (Wildman–Crippen MR) is 59.6 cm³/mol. The van der Waals surface area contributed by atoms with Crippen molar-refractivity contribution in [2.45, 2.75) is 24.6 Å². The van der Waals surface area contributed by atoms with E-state index in [1.165, 1.54) is 6.42 Å². The number of hydrogen-bond donors (Lipinski definition) is 0. The van der Waals surface area contributed by atoms with Crippen molar-refractivity contribution >= 4 is 40.7 Å². The Labute approximate surface area is 89.6 Å². The molecule has 0 heterocycles. The lowest BCUT2D eigenvalue weighted by atomic mass is 9.92. The first-order valence-electron chi connectivity index (χ1n) is 4.08. The van der Waals surface area contributed by atoms with Gasteiger partial charge in [0.05, 0.1) is 6.63 Å². The van der Waals surface area contributed by atoms with Crippen LogP contribution in [0.15, 0.2) is 12.2 Å². The molecule has 0 amide bonds. The van der Waals surface area contributed by atoms with Gasteiger partial charge in [0.15, 0.2) is 0 Å². The van der Waals surface area contributed by atoms with Crippen molar-refractivity contribution in [2.24, 2.45) is 5.92 Å². The predicted octanol–water partition coefficient (Wildman–Crippen LogP) is 4.74. The molecular weight excluding hydrogens is 233 g/mol. The number of alkyl halides is 1. The fourth-order valence-electron chi connectivity index (χ4n) is 1.43. The Morgan fingerprint density at radius 3 is 2.67 bits per heavy atom. The van der Waals surface area contributed by atoms with Crippen molar-refractivity contribution in [1.29, 1.82) is 0 Å². The first-order chi connectivity index (χ1) is 5.70. The maximum absolute atomic E-state index is 6.17. The molecule has 0 aromatic carbocycles. The minimum Gasteiger partial charge on any atom is -0.122 e. The summed E-state index contributed by atoms with van der Waals surface area (Å²) < 4.78 is 0. The minimum absolute atomic E-state index is 0.163. The molecule has 2 unspecified atom stereocenters. The zero-order valence-electron chi connectivity index (χ0n) is 6.72. The second-order valence-corrected chi connectivity index (χ2v) is 7.55. The Hall–Kier alpha value is 1.04. The van der Waals surface area contributed by atoms with Gasteiger partial charge in [-0.15, -0.1) is 11.6 Å². The third-order valence-electron chi connectivity index (χ3n) is 2.13. The highest BCUT2D eigenvalue weighted by molar-refractivity contribution is 8.04. The van der Waals surface area contributed by atoms with E-state index in [-0.39, 0.29) is 5.38 Å². The van der Waals surface area contributed by atoms with E-state index in [2.05, 4.69) is 12.2 Å². The van der Waals surface area contributed by atoms with Gasteiger partial charge in [0.25, 0.3) is 0 Å². The summed E-state index contributed by atoms with van der Waals surface area (Å²) in [5.74, 6) is 0.583. The van der Waals surface area contributed by atoms with E-state index in [0.29, 0.717) is 5.92 Å². The Kier molecular flexibility index (Phi) is 5.28. The molecule has 12 heavy (non-hydrogen) atoms. The number of rotatable bonds is 3.